The largest absolute Gasteiger partial charge is 0.508 e. The van der Waals surface area contributed by atoms with Crippen molar-refractivity contribution in [1.29, 1.82) is 0 Å². The van der Waals surface area contributed by atoms with Gasteiger partial charge in [0.15, 0.2) is 0 Å². The summed E-state index contributed by atoms with van der Waals surface area (Å²) in [5.74, 6) is -1.59. The van der Waals surface area contributed by atoms with Gasteiger partial charge in [0.05, 0.1) is 11.3 Å². The van der Waals surface area contributed by atoms with Gasteiger partial charge in [-0.15, -0.1) is 0 Å². The lowest BCUT2D eigenvalue weighted by atomic mass is 10.1. The van der Waals surface area contributed by atoms with Crippen LogP contribution < -0.4 is 5.32 Å². The number of hydrogen-bond acceptors (Lipinski definition) is 2. The smallest absolute Gasteiger partial charge is 0.258 e. The average Bonchev–Trinajstić information content (AvgIpc) is 2.33. The molecule has 2 N–H and O–H groups in total. The molecule has 0 saturated carbocycles. The van der Waals surface area contributed by atoms with Gasteiger partial charge in [0.1, 0.15) is 11.6 Å². The van der Waals surface area contributed by atoms with Gasteiger partial charge in [-0.1, -0.05) is 0 Å². The Labute approximate surface area is 132 Å². The van der Waals surface area contributed by atoms with Crippen molar-refractivity contribution in [2.45, 2.75) is 6.92 Å². The van der Waals surface area contributed by atoms with Crippen LogP contribution in [0.15, 0.2) is 39.3 Å². The van der Waals surface area contributed by atoms with Crippen LogP contribution in [0.5, 0.6) is 5.75 Å². The normalized spacial score (nSPS) is 10.4. The first-order valence-electron chi connectivity index (χ1n) is 5.64. The first kappa shape index (κ1) is 15.0. The molecule has 0 radical (unpaired) electrons. The summed E-state index contributed by atoms with van der Waals surface area (Å²) in [6.07, 6.45) is 0. The Hall–Kier alpha value is -1.40. The van der Waals surface area contributed by atoms with Crippen molar-refractivity contribution in [3.8, 4) is 5.75 Å². The maximum Gasteiger partial charge on any atom is 0.258 e. The maximum absolute atomic E-state index is 13.6. The second-order valence-electron chi connectivity index (χ2n) is 4.22. The van der Waals surface area contributed by atoms with Crippen molar-refractivity contribution in [3.05, 3.63) is 56.2 Å². The van der Waals surface area contributed by atoms with E-state index in [-0.39, 0.29) is 11.3 Å². The summed E-state index contributed by atoms with van der Waals surface area (Å²) in [6.45, 7) is 1.92. The molecule has 2 rings (SSSR count). The zero-order valence-corrected chi connectivity index (χ0v) is 13.5. The number of rotatable bonds is 2. The number of phenols is 1. The van der Waals surface area contributed by atoms with Gasteiger partial charge in [0.2, 0.25) is 0 Å². The number of aryl methyl sites for hydroxylation is 1. The van der Waals surface area contributed by atoms with Gasteiger partial charge < -0.3 is 10.4 Å². The second kappa shape index (κ2) is 5.93. The molecule has 0 aliphatic heterocycles. The average molecular weight is 403 g/mol. The Morgan fingerprint density at radius 2 is 1.80 bits per heavy atom. The quantitative estimate of drug-likeness (QED) is 0.770. The molecule has 20 heavy (non-hydrogen) atoms. The third-order valence-electron chi connectivity index (χ3n) is 2.62. The van der Waals surface area contributed by atoms with Crippen LogP contribution in [0.25, 0.3) is 0 Å². The van der Waals surface area contributed by atoms with Gasteiger partial charge >= 0.3 is 0 Å². The van der Waals surface area contributed by atoms with Crippen molar-refractivity contribution >= 4 is 43.5 Å². The van der Waals surface area contributed by atoms with Crippen LogP contribution in [0.4, 0.5) is 10.1 Å². The number of aromatic hydroxyl groups is 1. The molecule has 0 fully saturated rings. The number of amides is 1. The number of anilines is 1. The van der Waals surface area contributed by atoms with E-state index in [4.69, 9.17) is 5.11 Å². The van der Waals surface area contributed by atoms with E-state index >= 15 is 0 Å². The summed E-state index contributed by atoms with van der Waals surface area (Å²) in [4.78, 5) is 12.1. The molecule has 0 aromatic heterocycles. The number of benzene rings is 2. The highest BCUT2D eigenvalue weighted by Gasteiger charge is 2.15. The van der Waals surface area contributed by atoms with Gasteiger partial charge in [-0.05, 0) is 68.6 Å². The SMILES string of the molecule is Cc1cc(Br)c(NC(=O)c2ccc(O)cc2F)c(Br)c1. The Balaban J connectivity index is 2.33. The summed E-state index contributed by atoms with van der Waals surface area (Å²) in [6, 6.07) is 7.07. The van der Waals surface area contributed by atoms with E-state index in [1.165, 1.54) is 12.1 Å². The first-order valence-corrected chi connectivity index (χ1v) is 7.22. The van der Waals surface area contributed by atoms with Gasteiger partial charge in [-0.2, -0.15) is 0 Å². The fraction of sp³-hybridized carbons (Fsp3) is 0.0714. The molecule has 6 heteroatoms. The minimum Gasteiger partial charge on any atom is -0.508 e. The van der Waals surface area contributed by atoms with E-state index in [2.05, 4.69) is 37.2 Å². The lowest BCUT2D eigenvalue weighted by Crippen LogP contribution is -2.14. The van der Waals surface area contributed by atoms with Gasteiger partial charge in [0.25, 0.3) is 5.91 Å². The van der Waals surface area contributed by atoms with Crippen molar-refractivity contribution < 1.29 is 14.3 Å². The maximum atomic E-state index is 13.6. The van der Waals surface area contributed by atoms with E-state index in [9.17, 15) is 9.18 Å². The van der Waals surface area contributed by atoms with Gasteiger partial charge in [-0.3, -0.25) is 4.79 Å². The number of carbonyl (C=O) groups is 1. The number of carbonyl (C=O) groups excluding carboxylic acids is 1. The van der Waals surface area contributed by atoms with E-state index in [0.29, 0.717) is 14.6 Å². The Morgan fingerprint density at radius 1 is 1.20 bits per heavy atom. The predicted molar refractivity (Wildman–Crippen MR) is 82.6 cm³/mol. The molecule has 2 aromatic carbocycles. The minimum absolute atomic E-state index is 0.137. The third kappa shape index (κ3) is 3.19. The summed E-state index contributed by atoms with van der Waals surface area (Å²) >= 11 is 6.70. The van der Waals surface area contributed by atoms with Crippen LogP contribution in [-0.4, -0.2) is 11.0 Å². The molecule has 0 bridgehead atoms. The van der Waals surface area contributed by atoms with Crippen molar-refractivity contribution in [2.75, 3.05) is 5.32 Å². The molecule has 0 unspecified atom stereocenters. The highest BCUT2D eigenvalue weighted by molar-refractivity contribution is 9.11. The standard InChI is InChI=1S/C14H10Br2FNO2/c1-7-4-10(15)13(11(16)5-7)18-14(20)9-3-2-8(19)6-12(9)17/h2-6,19H,1H3,(H,18,20). The number of halogens is 3. The Kier molecular flexibility index (Phi) is 4.45. The lowest BCUT2D eigenvalue weighted by Gasteiger charge is -2.11. The zero-order valence-electron chi connectivity index (χ0n) is 10.4. The molecule has 1 amide bonds. The fourth-order valence-corrected chi connectivity index (χ4v) is 3.30. The highest BCUT2D eigenvalue weighted by atomic mass is 79.9. The molecular weight excluding hydrogens is 393 g/mol. The van der Waals surface area contributed by atoms with E-state index in [1.807, 2.05) is 19.1 Å². The summed E-state index contributed by atoms with van der Waals surface area (Å²) in [5, 5.41) is 11.8. The molecule has 0 aliphatic carbocycles. The van der Waals surface area contributed by atoms with Crippen LogP contribution >= 0.6 is 31.9 Å². The molecule has 2 aromatic rings. The van der Waals surface area contributed by atoms with Crippen molar-refractivity contribution in [1.82, 2.24) is 0 Å². The van der Waals surface area contributed by atoms with E-state index in [1.54, 1.807) is 0 Å². The Morgan fingerprint density at radius 3 is 2.35 bits per heavy atom. The molecule has 3 nitrogen and oxygen atoms in total. The first-order chi connectivity index (χ1) is 9.38. The van der Waals surface area contributed by atoms with Crippen LogP contribution in [0.2, 0.25) is 0 Å². The fourth-order valence-electron chi connectivity index (χ4n) is 1.69. The molecule has 104 valence electrons. The van der Waals surface area contributed by atoms with E-state index < -0.39 is 11.7 Å². The Bertz CT molecular complexity index is 666. The predicted octanol–water partition coefficient (Wildman–Crippen LogP) is 4.62. The molecule has 0 atom stereocenters. The number of phenolic OH excluding ortho intramolecular Hbond substituents is 1. The van der Waals surface area contributed by atoms with Crippen LogP contribution in [0.3, 0.4) is 0 Å². The van der Waals surface area contributed by atoms with Gasteiger partial charge in [-0.25, -0.2) is 4.39 Å². The number of nitrogens with one attached hydrogen (secondary N) is 1. The highest BCUT2D eigenvalue weighted by Crippen LogP contribution is 2.32. The molecule has 0 saturated heterocycles. The number of hydrogen-bond donors (Lipinski definition) is 2. The summed E-state index contributed by atoms with van der Waals surface area (Å²) in [7, 11) is 0. The topological polar surface area (TPSA) is 49.3 Å². The van der Waals surface area contributed by atoms with Gasteiger partial charge in [0, 0.05) is 15.0 Å². The van der Waals surface area contributed by atoms with Crippen LogP contribution in [-0.2, 0) is 0 Å². The monoisotopic (exact) mass is 401 g/mol. The molecular formula is C14H10Br2FNO2. The zero-order chi connectivity index (χ0) is 14.9. The van der Waals surface area contributed by atoms with Crippen molar-refractivity contribution in [2.24, 2.45) is 0 Å². The lowest BCUT2D eigenvalue weighted by molar-refractivity contribution is 0.102. The second-order valence-corrected chi connectivity index (χ2v) is 5.93. The van der Waals surface area contributed by atoms with E-state index in [0.717, 1.165) is 11.6 Å². The summed E-state index contributed by atoms with van der Waals surface area (Å²) in [5.41, 5.74) is 1.40. The molecule has 0 heterocycles. The van der Waals surface area contributed by atoms with Crippen LogP contribution in [0, 0.1) is 12.7 Å². The molecule has 0 spiro atoms. The minimum atomic E-state index is -0.776. The summed E-state index contributed by atoms with van der Waals surface area (Å²) < 4.78 is 15.0. The third-order valence-corrected chi connectivity index (χ3v) is 3.87. The molecule has 0 aliphatic rings. The van der Waals surface area contributed by atoms with Crippen molar-refractivity contribution in [3.63, 3.8) is 0 Å². The van der Waals surface area contributed by atoms with Crippen LogP contribution in [0.1, 0.15) is 15.9 Å².